The number of thiophene rings is 1. The van der Waals surface area contributed by atoms with Crippen molar-refractivity contribution in [2.75, 3.05) is 0 Å². The molecule has 4 aromatic heterocycles. The third kappa shape index (κ3) is 3.67. The quantitative estimate of drug-likeness (QED) is 0.287. The average molecular weight is 499 g/mol. The Morgan fingerprint density at radius 1 is 1.03 bits per heavy atom. The van der Waals surface area contributed by atoms with Crippen molar-refractivity contribution in [1.29, 1.82) is 0 Å². The lowest BCUT2D eigenvalue weighted by atomic mass is 10.1. The van der Waals surface area contributed by atoms with Crippen LogP contribution in [-0.2, 0) is 5.75 Å². The summed E-state index contributed by atoms with van der Waals surface area (Å²) < 4.78 is 2.09. The summed E-state index contributed by atoms with van der Waals surface area (Å²) in [6.45, 7) is 6.07. The van der Waals surface area contributed by atoms with Gasteiger partial charge in [0.2, 0.25) is 0 Å². The summed E-state index contributed by atoms with van der Waals surface area (Å²) in [4.78, 5) is 25.7. The number of aromatic nitrogens is 6. The zero-order valence-corrected chi connectivity index (χ0v) is 21.0. The zero-order chi connectivity index (χ0) is 24.1. The number of aryl methyl sites for hydroxylation is 3. The van der Waals surface area contributed by atoms with E-state index in [0.717, 1.165) is 54.0 Å². The highest BCUT2D eigenvalue weighted by Gasteiger charge is 2.20. The minimum atomic E-state index is -0.0905. The van der Waals surface area contributed by atoms with Gasteiger partial charge in [-0.15, -0.1) is 21.5 Å². The highest BCUT2D eigenvalue weighted by molar-refractivity contribution is 7.98. The predicted molar refractivity (Wildman–Crippen MR) is 143 cm³/mol. The Bertz CT molecular complexity index is 1770. The van der Waals surface area contributed by atoms with Gasteiger partial charge in [0.1, 0.15) is 10.7 Å². The fraction of sp³-hybridized carbons (Fsp3) is 0.154. The summed E-state index contributed by atoms with van der Waals surface area (Å²) >= 11 is 3.06. The molecule has 9 heteroatoms. The molecule has 6 aromatic rings. The Hall–Kier alpha value is -3.69. The first-order valence-corrected chi connectivity index (χ1v) is 13.0. The van der Waals surface area contributed by atoms with Gasteiger partial charge >= 0.3 is 0 Å². The second-order valence-electron chi connectivity index (χ2n) is 8.44. The highest BCUT2D eigenvalue weighted by Crippen LogP contribution is 2.34. The van der Waals surface area contributed by atoms with Crippen molar-refractivity contribution in [3.8, 4) is 17.1 Å². The molecule has 0 aliphatic rings. The number of thioether (sulfide) groups is 1. The summed E-state index contributed by atoms with van der Waals surface area (Å²) in [5, 5.41) is 11.7. The molecule has 0 aliphatic heterocycles. The van der Waals surface area contributed by atoms with Crippen molar-refractivity contribution in [3.05, 3.63) is 86.9 Å². The lowest BCUT2D eigenvalue weighted by molar-refractivity contribution is 0.878. The molecular formula is C26H22N6OS2. The SMILES string of the molecule is Cc1ccccc1-n1c(SCc2nc3sc(C)c(C)c3c(=O)[nH]2)nnc1-c1c[nH]c2ccccc12. The minimum Gasteiger partial charge on any atom is -0.360 e. The molecular weight excluding hydrogens is 476 g/mol. The Morgan fingerprint density at radius 3 is 2.69 bits per heavy atom. The standard InChI is InChI=1S/C26H22N6OS2/c1-14-8-4-7-11-20(14)32-23(18-12-27-19-10-6-5-9-17(18)19)30-31-26(32)34-13-21-28-24(33)22-15(2)16(3)35-25(22)29-21/h4-12,27H,13H2,1-3H3,(H,28,29,33). The minimum absolute atomic E-state index is 0.0905. The molecule has 0 saturated carbocycles. The maximum atomic E-state index is 12.7. The van der Waals surface area contributed by atoms with Crippen molar-refractivity contribution < 1.29 is 0 Å². The van der Waals surface area contributed by atoms with Crippen LogP contribution in [0.15, 0.2) is 64.7 Å². The fourth-order valence-electron chi connectivity index (χ4n) is 4.33. The van der Waals surface area contributed by atoms with E-state index in [1.54, 1.807) is 11.3 Å². The van der Waals surface area contributed by atoms with Crippen LogP contribution in [0.3, 0.4) is 0 Å². The summed E-state index contributed by atoms with van der Waals surface area (Å²) in [5.41, 5.74) is 5.08. The normalized spacial score (nSPS) is 11.6. The van der Waals surface area contributed by atoms with Gasteiger partial charge in [-0.25, -0.2) is 4.98 Å². The van der Waals surface area contributed by atoms with Gasteiger partial charge in [0.05, 0.1) is 16.8 Å². The lowest BCUT2D eigenvalue weighted by Crippen LogP contribution is -2.11. The summed E-state index contributed by atoms with van der Waals surface area (Å²) in [6, 6.07) is 16.4. The molecule has 0 atom stereocenters. The number of rotatable bonds is 5. The van der Waals surface area contributed by atoms with Crippen LogP contribution in [0.4, 0.5) is 0 Å². The Morgan fingerprint density at radius 2 is 1.83 bits per heavy atom. The Balaban J connectivity index is 1.44. The molecule has 35 heavy (non-hydrogen) atoms. The first kappa shape index (κ1) is 21.8. The van der Waals surface area contributed by atoms with Crippen LogP contribution in [0.2, 0.25) is 0 Å². The van der Waals surface area contributed by atoms with Crippen molar-refractivity contribution in [2.45, 2.75) is 31.7 Å². The number of fused-ring (bicyclic) bond motifs is 2. The van der Waals surface area contributed by atoms with Crippen LogP contribution in [0.5, 0.6) is 0 Å². The number of nitrogens with one attached hydrogen (secondary N) is 2. The smallest absolute Gasteiger partial charge is 0.259 e. The van der Waals surface area contributed by atoms with Gasteiger partial charge in [0.15, 0.2) is 11.0 Å². The third-order valence-corrected chi connectivity index (χ3v) is 8.29. The van der Waals surface area contributed by atoms with Gasteiger partial charge in [0.25, 0.3) is 5.56 Å². The molecule has 0 amide bonds. The maximum Gasteiger partial charge on any atom is 0.259 e. The van der Waals surface area contributed by atoms with E-state index in [9.17, 15) is 4.79 Å². The molecule has 174 valence electrons. The number of aromatic amines is 2. The van der Waals surface area contributed by atoms with Crippen LogP contribution < -0.4 is 5.56 Å². The van der Waals surface area contributed by atoms with Gasteiger partial charge in [-0.3, -0.25) is 9.36 Å². The number of H-pyrrole nitrogens is 2. The van der Waals surface area contributed by atoms with Gasteiger partial charge in [0, 0.05) is 27.5 Å². The zero-order valence-electron chi connectivity index (χ0n) is 19.4. The van der Waals surface area contributed by atoms with E-state index in [4.69, 9.17) is 4.98 Å². The molecule has 0 spiro atoms. The first-order valence-electron chi connectivity index (χ1n) is 11.2. The van der Waals surface area contributed by atoms with E-state index < -0.39 is 0 Å². The topological polar surface area (TPSA) is 92.2 Å². The van der Waals surface area contributed by atoms with E-state index in [-0.39, 0.29) is 5.56 Å². The molecule has 6 rings (SSSR count). The summed E-state index contributed by atoms with van der Waals surface area (Å²) in [5.74, 6) is 1.86. The van der Waals surface area contributed by atoms with Crippen molar-refractivity contribution >= 4 is 44.2 Å². The van der Waals surface area contributed by atoms with E-state index in [0.29, 0.717) is 17.0 Å². The van der Waals surface area contributed by atoms with Gasteiger partial charge in [-0.05, 0) is 44.0 Å². The third-order valence-electron chi connectivity index (χ3n) is 6.25. The van der Waals surface area contributed by atoms with Crippen molar-refractivity contribution in [2.24, 2.45) is 0 Å². The van der Waals surface area contributed by atoms with Gasteiger partial charge < -0.3 is 9.97 Å². The molecule has 0 fully saturated rings. The summed E-state index contributed by atoms with van der Waals surface area (Å²) in [7, 11) is 0. The number of nitrogens with zero attached hydrogens (tertiary/aromatic N) is 4. The molecule has 0 unspecified atom stereocenters. The van der Waals surface area contributed by atoms with Gasteiger partial charge in [-0.2, -0.15) is 0 Å². The van der Waals surface area contributed by atoms with Crippen LogP contribution >= 0.6 is 23.1 Å². The molecule has 7 nitrogen and oxygen atoms in total. The monoisotopic (exact) mass is 498 g/mol. The second-order valence-corrected chi connectivity index (χ2v) is 10.6. The number of hydrogen-bond donors (Lipinski definition) is 2. The number of para-hydroxylation sites is 2. The van der Waals surface area contributed by atoms with Crippen LogP contribution in [-0.4, -0.2) is 29.7 Å². The highest BCUT2D eigenvalue weighted by atomic mass is 32.2. The molecule has 2 aromatic carbocycles. The number of hydrogen-bond acceptors (Lipinski definition) is 6. The van der Waals surface area contributed by atoms with E-state index in [2.05, 4.69) is 55.9 Å². The van der Waals surface area contributed by atoms with Crippen molar-refractivity contribution in [3.63, 3.8) is 0 Å². The van der Waals surface area contributed by atoms with Crippen LogP contribution in [0, 0.1) is 20.8 Å². The average Bonchev–Trinajstić information content (AvgIpc) is 3.53. The lowest BCUT2D eigenvalue weighted by Gasteiger charge is -2.12. The second kappa shape index (κ2) is 8.51. The largest absolute Gasteiger partial charge is 0.360 e. The molecule has 0 bridgehead atoms. The molecule has 4 heterocycles. The van der Waals surface area contributed by atoms with Crippen LogP contribution in [0.25, 0.3) is 38.2 Å². The molecule has 0 aliphatic carbocycles. The maximum absolute atomic E-state index is 12.7. The first-order chi connectivity index (χ1) is 17.0. The Kier molecular flexibility index (Phi) is 5.31. The fourth-order valence-corrected chi connectivity index (χ4v) is 6.19. The number of benzene rings is 2. The molecule has 2 N–H and O–H groups in total. The van der Waals surface area contributed by atoms with E-state index in [1.807, 2.05) is 44.3 Å². The molecule has 0 radical (unpaired) electrons. The molecule has 0 saturated heterocycles. The van der Waals surface area contributed by atoms with Gasteiger partial charge in [-0.1, -0.05) is 48.2 Å². The van der Waals surface area contributed by atoms with E-state index >= 15 is 0 Å². The van der Waals surface area contributed by atoms with Crippen molar-refractivity contribution in [1.82, 2.24) is 29.7 Å². The Labute approximate surface area is 209 Å². The summed E-state index contributed by atoms with van der Waals surface area (Å²) in [6.07, 6.45) is 1.98. The predicted octanol–water partition coefficient (Wildman–Crippen LogP) is 5.93. The van der Waals surface area contributed by atoms with Crippen LogP contribution in [0.1, 0.15) is 21.8 Å². The van der Waals surface area contributed by atoms with E-state index in [1.165, 1.54) is 11.8 Å².